The van der Waals surface area contributed by atoms with Crippen LogP contribution in [0.3, 0.4) is 0 Å². The average molecular weight is 271 g/mol. The maximum Gasteiger partial charge on any atom is 0.299 e. The molecule has 1 aliphatic rings. The van der Waals surface area contributed by atoms with Crippen LogP contribution in [0.1, 0.15) is 16.2 Å². The van der Waals surface area contributed by atoms with Crippen molar-refractivity contribution < 1.29 is 14.3 Å². The Morgan fingerprint density at radius 1 is 1.30 bits per heavy atom. The molecule has 6 nitrogen and oxygen atoms in total. The lowest BCUT2D eigenvalue weighted by molar-refractivity contribution is -0.114. The molecule has 1 amide bonds. The molecule has 1 aromatic carbocycles. The first-order valence-electron chi connectivity index (χ1n) is 6.12. The van der Waals surface area contributed by atoms with Crippen molar-refractivity contribution in [3.05, 3.63) is 42.0 Å². The molecule has 0 unspecified atom stereocenters. The number of anilines is 1. The minimum Gasteiger partial charge on any atom is -0.497 e. The number of carbonyl (C=O) groups is 2. The molecule has 0 spiro atoms. The SMILES string of the molecule is COc1ccc2c(c1)C(=O)C(=O)N2Cc1nccn1C. The maximum absolute atomic E-state index is 12.1. The summed E-state index contributed by atoms with van der Waals surface area (Å²) in [7, 11) is 3.37. The van der Waals surface area contributed by atoms with E-state index in [1.54, 1.807) is 30.6 Å². The van der Waals surface area contributed by atoms with Gasteiger partial charge in [-0.25, -0.2) is 4.98 Å². The Kier molecular flexibility index (Phi) is 2.78. The van der Waals surface area contributed by atoms with E-state index >= 15 is 0 Å². The van der Waals surface area contributed by atoms with Gasteiger partial charge in [0.1, 0.15) is 11.6 Å². The Hall–Kier alpha value is -2.63. The summed E-state index contributed by atoms with van der Waals surface area (Å²) in [6.45, 7) is 0.271. The van der Waals surface area contributed by atoms with Gasteiger partial charge >= 0.3 is 0 Å². The highest BCUT2D eigenvalue weighted by atomic mass is 16.5. The highest BCUT2D eigenvalue weighted by Crippen LogP contribution is 2.32. The molecule has 20 heavy (non-hydrogen) atoms. The third-order valence-electron chi connectivity index (χ3n) is 3.40. The average Bonchev–Trinajstić information content (AvgIpc) is 2.96. The van der Waals surface area contributed by atoms with Crippen molar-refractivity contribution in [3.63, 3.8) is 0 Å². The zero-order valence-corrected chi connectivity index (χ0v) is 11.2. The number of hydrogen-bond acceptors (Lipinski definition) is 4. The van der Waals surface area contributed by atoms with Gasteiger partial charge in [-0.15, -0.1) is 0 Å². The molecule has 3 rings (SSSR count). The lowest BCUT2D eigenvalue weighted by Gasteiger charge is -2.16. The van der Waals surface area contributed by atoms with Gasteiger partial charge < -0.3 is 9.30 Å². The second kappa shape index (κ2) is 4.48. The van der Waals surface area contributed by atoms with E-state index in [0.29, 0.717) is 17.0 Å². The Morgan fingerprint density at radius 3 is 2.75 bits per heavy atom. The highest BCUT2D eigenvalue weighted by Gasteiger charge is 2.36. The van der Waals surface area contributed by atoms with Gasteiger partial charge in [0.05, 0.1) is 24.9 Å². The normalized spacial score (nSPS) is 13.8. The van der Waals surface area contributed by atoms with Crippen molar-refractivity contribution in [2.75, 3.05) is 12.0 Å². The van der Waals surface area contributed by atoms with Crippen LogP contribution in [0.4, 0.5) is 5.69 Å². The van der Waals surface area contributed by atoms with Crippen molar-refractivity contribution in [1.82, 2.24) is 9.55 Å². The van der Waals surface area contributed by atoms with Gasteiger partial charge in [0.15, 0.2) is 0 Å². The zero-order chi connectivity index (χ0) is 14.3. The van der Waals surface area contributed by atoms with Crippen LogP contribution in [0.5, 0.6) is 5.75 Å². The lowest BCUT2D eigenvalue weighted by Crippen LogP contribution is -2.30. The van der Waals surface area contributed by atoms with Gasteiger partial charge in [-0.05, 0) is 18.2 Å². The predicted molar refractivity (Wildman–Crippen MR) is 71.7 cm³/mol. The number of ketones is 1. The van der Waals surface area contributed by atoms with Crippen molar-refractivity contribution in [2.45, 2.75) is 6.54 Å². The Morgan fingerprint density at radius 2 is 2.10 bits per heavy atom. The first-order chi connectivity index (χ1) is 9.61. The van der Waals surface area contributed by atoms with Gasteiger partial charge in [0.2, 0.25) is 0 Å². The molecule has 0 fully saturated rings. The van der Waals surface area contributed by atoms with E-state index in [1.807, 2.05) is 11.6 Å². The summed E-state index contributed by atoms with van der Waals surface area (Å²) in [5.41, 5.74) is 0.979. The summed E-state index contributed by atoms with van der Waals surface area (Å²) in [6.07, 6.45) is 3.46. The van der Waals surface area contributed by atoms with E-state index in [2.05, 4.69) is 4.98 Å². The number of imidazole rings is 1. The van der Waals surface area contributed by atoms with Gasteiger partial charge in [-0.3, -0.25) is 14.5 Å². The molecule has 0 aliphatic carbocycles. The molecule has 0 bridgehead atoms. The van der Waals surface area contributed by atoms with E-state index < -0.39 is 11.7 Å². The molecule has 0 saturated carbocycles. The molecule has 0 atom stereocenters. The second-order valence-electron chi connectivity index (χ2n) is 4.56. The topological polar surface area (TPSA) is 64.4 Å². The van der Waals surface area contributed by atoms with E-state index in [1.165, 1.54) is 12.0 Å². The summed E-state index contributed by atoms with van der Waals surface area (Å²) in [5, 5.41) is 0. The number of hydrogen-bond donors (Lipinski definition) is 0. The van der Waals surface area contributed by atoms with E-state index in [0.717, 1.165) is 5.82 Å². The maximum atomic E-state index is 12.1. The summed E-state index contributed by atoms with van der Waals surface area (Å²) in [4.78, 5) is 29.7. The van der Waals surface area contributed by atoms with Crippen LogP contribution in [-0.4, -0.2) is 28.4 Å². The molecule has 2 heterocycles. The first kappa shape index (κ1) is 12.4. The Labute approximate surface area is 115 Å². The van der Waals surface area contributed by atoms with Crippen LogP contribution in [0.15, 0.2) is 30.6 Å². The van der Waals surface area contributed by atoms with Crippen molar-refractivity contribution in [2.24, 2.45) is 7.05 Å². The number of aromatic nitrogens is 2. The van der Waals surface area contributed by atoms with Gasteiger partial charge in [-0.1, -0.05) is 0 Å². The van der Waals surface area contributed by atoms with Gasteiger partial charge in [0.25, 0.3) is 11.7 Å². The van der Waals surface area contributed by atoms with Crippen LogP contribution in [0, 0.1) is 0 Å². The molecule has 1 aliphatic heterocycles. The molecule has 0 radical (unpaired) electrons. The van der Waals surface area contributed by atoms with Crippen LogP contribution in [0.2, 0.25) is 0 Å². The number of methoxy groups -OCH3 is 1. The minimum absolute atomic E-state index is 0.271. The second-order valence-corrected chi connectivity index (χ2v) is 4.56. The molecular weight excluding hydrogens is 258 g/mol. The van der Waals surface area contributed by atoms with Crippen molar-refractivity contribution in [1.29, 1.82) is 0 Å². The molecule has 0 N–H and O–H groups in total. The minimum atomic E-state index is -0.531. The molecule has 1 aromatic heterocycles. The standard InChI is InChI=1S/C14H13N3O3/c1-16-6-5-15-12(16)8-17-11-4-3-9(20-2)7-10(11)13(18)14(17)19/h3-7H,8H2,1-2H3. The summed E-state index contributed by atoms with van der Waals surface area (Å²) >= 11 is 0. The zero-order valence-electron chi connectivity index (χ0n) is 11.2. The van der Waals surface area contributed by atoms with E-state index in [9.17, 15) is 9.59 Å². The third kappa shape index (κ3) is 1.77. The fraction of sp³-hybridized carbons (Fsp3) is 0.214. The molecular formula is C14H13N3O3. The number of amides is 1. The number of aryl methyl sites for hydroxylation is 1. The van der Waals surface area contributed by atoms with Crippen LogP contribution < -0.4 is 9.64 Å². The number of rotatable bonds is 3. The van der Waals surface area contributed by atoms with Gasteiger partial charge in [-0.2, -0.15) is 0 Å². The molecule has 6 heteroatoms. The third-order valence-corrected chi connectivity index (χ3v) is 3.40. The highest BCUT2D eigenvalue weighted by molar-refractivity contribution is 6.52. The lowest BCUT2D eigenvalue weighted by atomic mass is 10.1. The Balaban J connectivity index is 2.00. The number of nitrogens with zero attached hydrogens (tertiary/aromatic N) is 3. The quantitative estimate of drug-likeness (QED) is 0.786. The number of ether oxygens (including phenoxy) is 1. The molecule has 2 aromatic rings. The van der Waals surface area contributed by atoms with Crippen molar-refractivity contribution >= 4 is 17.4 Å². The fourth-order valence-corrected chi connectivity index (χ4v) is 2.25. The smallest absolute Gasteiger partial charge is 0.299 e. The van der Waals surface area contributed by atoms with Gasteiger partial charge in [0, 0.05) is 19.4 Å². The monoisotopic (exact) mass is 271 g/mol. The fourth-order valence-electron chi connectivity index (χ4n) is 2.25. The number of fused-ring (bicyclic) bond motifs is 1. The Bertz CT molecular complexity index is 705. The van der Waals surface area contributed by atoms with E-state index in [-0.39, 0.29) is 6.54 Å². The summed E-state index contributed by atoms with van der Waals surface area (Å²) in [5.74, 6) is 0.239. The predicted octanol–water partition coefficient (Wildman–Crippen LogP) is 1.16. The van der Waals surface area contributed by atoms with Crippen LogP contribution in [0.25, 0.3) is 0 Å². The number of Topliss-reactive ketones (excluding diaryl/α,β-unsaturated/α-hetero) is 1. The van der Waals surface area contributed by atoms with Crippen LogP contribution >= 0.6 is 0 Å². The number of carbonyl (C=O) groups excluding carboxylic acids is 2. The van der Waals surface area contributed by atoms with Crippen molar-refractivity contribution in [3.8, 4) is 5.75 Å². The largest absolute Gasteiger partial charge is 0.497 e. The summed E-state index contributed by atoms with van der Waals surface area (Å²) in [6, 6.07) is 5.05. The number of benzene rings is 1. The summed E-state index contributed by atoms with van der Waals surface area (Å²) < 4.78 is 6.90. The first-order valence-corrected chi connectivity index (χ1v) is 6.12. The molecule has 0 saturated heterocycles. The van der Waals surface area contributed by atoms with E-state index in [4.69, 9.17) is 4.74 Å². The van der Waals surface area contributed by atoms with Crippen LogP contribution in [-0.2, 0) is 18.4 Å². The molecule has 102 valence electrons.